The van der Waals surface area contributed by atoms with E-state index in [1.54, 1.807) is 25.1 Å². The number of hydrogen-bond acceptors (Lipinski definition) is 4. The number of aliphatic imine (C=N–C) groups is 1. The number of esters is 1. The summed E-state index contributed by atoms with van der Waals surface area (Å²) in [5, 5.41) is 0. The molecule has 4 heteroatoms. The van der Waals surface area contributed by atoms with E-state index in [0.29, 0.717) is 16.8 Å². The molecule has 16 heavy (non-hydrogen) atoms. The highest BCUT2D eigenvalue weighted by Crippen LogP contribution is 2.24. The van der Waals surface area contributed by atoms with E-state index in [-0.39, 0.29) is 6.61 Å². The molecule has 0 radical (unpaired) electrons. The fraction of sp³-hybridized carbons (Fsp3) is 0.167. The first-order chi connectivity index (χ1) is 7.74. The lowest BCUT2D eigenvalue weighted by Crippen LogP contribution is -2.06. The lowest BCUT2D eigenvalue weighted by atomic mass is 10.1. The predicted octanol–water partition coefficient (Wildman–Crippen LogP) is 2.47. The molecule has 0 bridgehead atoms. The third-order valence-corrected chi connectivity index (χ3v) is 1.95. The van der Waals surface area contributed by atoms with Crippen LogP contribution in [-0.2, 0) is 9.53 Å². The number of benzene rings is 1. The van der Waals surface area contributed by atoms with Crippen LogP contribution in [0.2, 0.25) is 0 Å². The lowest BCUT2D eigenvalue weighted by molar-refractivity contribution is 0.0526. The van der Waals surface area contributed by atoms with Crippen LogP contribution in [0.15, 0.2) is 29.8 Å². The van der Waals surface area contributed by atoms with Crippen molar-refractivity contribution in [2.45, 2.75) is 6.92 Å². The van der Waals surface area contributed by atoms with Crippen LogP contribution in [0.25, 0.3) is 6.08 Å². The molecule has 0 saturated carbocycles. The zero-order valence-corrected chi connectivity index (χ0v) is 8.90. The van der Waals surface area contributed by atoms with E-state index in [9.17, 15) is 9.59 Å². The van der Waals surface area contributed by atoms with Crippen LogP contribution in [0.1, 0.15) is 22.8 Å². The van der Waals surface area contributed by atoms with Crippen LogP contribution >= 0.6 is 0 Å². The quantitative estimate of drug-likeness (QED) is 0.442. The average molecular weight is 217 g/mol. The summed E-state index contributed by atoms with van der Waals surface area (Å²) in [6.07, 6.45) is 2.89. The van der Waals surface area contributed by atoms with Crippen molar-refractivity contribution in [1.29, 1.82) is 0 Å². The summed E-state index contributed by atoms with van der Waals surface area (Å²) < 4.78 is 4.88. The van der Waals surface area contributed by atoms with E-state index in [1.807, 2.05) is 0 Å². The smallest absolute Gasteiger partial charge is 0.338 e. The molecule has 0 aliphatic rings. The van der Waals surface area contributed by atoms with Gasteiger partial charge in [-0.3, -0.25) is 0 Å². The van der Waals surface area contributed by atoms with Crippen LogP contribution in [0, 0.1) is 0 Å². The Hall–Kier alpha value is -2.19. The van der Waals surface area contributed by atoms with Crippen LogP contribution in [0.3, 0.4) is 0 Å². The van der Waals surface area contributed by atoms with Crippen molar-refractivity contribution in [3.63, 3.8) is 0 Å². The normalized spacial score (nSPS) is 9.06. The first kappa shape index (κ1) is 11.9. The maximum Gasteiger partial charge on any atom is 0.338 e. The summed E-state index contributed by atoms with van der Waals surface area (Å²) in [6.45, 7) is 5.59. The van der Waals surface area contributed by atoms with Gasteiger partial charge in [-0.25, -0.2) is 9.59 Å². The molecule has 0 aliphatic carbocycles. The topological polar surface area (TPSA) is 55.7 Å². The minimum Gasteiger partial charge on any atom is -0.462 e. The Morgan fingerprint density at radius 1 is 1.62 bits per heavy atom. The standard InChI is InChI=1S/C12H11NO3/c1-3-9-10(12(15)16-4-2)6-5-7-11(9)13-8-14/h3,5-7H,1,4H2,2H3. The molecule has 0 aromatic heterocycles. The third kappa shape index (κ3) is 2.43. The van der Waals surface area contributed by atoms with Crippen molar-refractivity contribution < 1.29 is 14.3 Å². The van der Waals surface area contributed by atoms with Crippen molar-refractivity contribution in [2.24, 2.45) is 4.99 Å². The van der Waals surface area contributed by atoms with Crippen molar-refractivity contribution in [3.05, 3.63) is 35.9 Å². The molecule has 0 aliphatic heterocycles. The second-order valence-corrected chi connectivity index (χ2v) is 2.87. The minimum absolute atomic E-state index is 0.288. The van der Waals surface area contributed by atoms with E-state index in [4.69, 9.17) is 4.74 Å². The van der Waals surface area contributed by atoms with Gasteiger partial charge in [0.1, 0.15) is 0 Å². The van der Waals surface area contributed by atoms with Crippen molar-refractivity contribution in [2.75, 3.05) is 6.61 Å². The second kappa shape index (κ2) is 5.63. The van der Waals surface area contributed by atoms with Crippen LogP contribution in [0.5, 0.6) is 0 Å². The molecule has 0 spiro atoms. The Bertz CT molecular complexity index is 459. The molecule has 0 amide bonds. The van der Waals surface area contributed by atoms with E-state index in [1.165, 1.54) is 12.2 Å². The number of carbonyl (C=O) groups excluding carboxylic acids is 2. The van der Waals surface area contributed by atoms with Crippen molar-refractivity contribution in [3.8, 4) is 0 Å². The highest BCUT2D eigenvalue weighted by atomic mass is 16.5. The molecule has 4 nitrogen and oxygen atoms in total. The third-order valence-electron chi connectivity index (χ3n) is 1.95. The molecule has 0 saturated heterocycles. The van der Waals surface area contributed by atoms with Gasteiger partial charge in [-0.1, -0.05) is 18.7 Å². The largest absolute Gasteiger partial charge is 0.462 e. The maximum absolute atomic E-state index is 11.6. The Morgan fingerprint density at radius 2 is 2.38 bits per heavy atom. The zero-order chi connectivity index (χ0) is 12.0. The molecule has 0 fully saturated rings. The van der Waals surface area contributed by atoms with Crippen LogP contribution < -0.4 is 0 Å². The second-order valence-electron chi connectivity index (χ2n) is 2.87. The molecule has 0 unspecified atom stereocenters. The molecule has 0 atom stereocenters. The molecule has 82 valence electrons. The molecule has 1 aromatic rings. The molecule has 0 N–H and O–H groups in total. The zero-order valence-electron chi connectivity index (χ0n) is 8.90. The Labute approximate surface area is 93.3 Å². The summed E-state index contributed by atoms with van der Waals surface area (Å²) in [7, 11) is 0. The summed E-state index contributed by atoms with van der Waals surface area (Å²) in [6, 6.07) is 4.82. The SMILES string of the molecule is C=Cc1c(N=C=O)cccc1C(=O)OCC. The Balaban J connectivity index is 3.28. The van der Waals surface area contributed by atoms with E-state index < -0.39 is 5.97 Å². The van der Waals surface area contributed by atoms with Gasteiger partial charge in [0.2, 0.25) is 6.08 Å². The van der Waals surface area contributed by atoms with E-state index in [0.717, 1.165) is 0 Å². The Morgan fingerprint density at radius 3 is 2.94 bits per heavy atom. The first-order valence-corrected chi connectivity index (χ1v) is 4.75. The number of nitrogens with zero attached hydrogens (tertiary/aromatic N) is 1. The van der Waals surface area contributed by atoms with Gasteiger partial charge in [0.05, 0.1) is 17.9 Å². The van der Waals surface area contributed by atoms with E-state index in [2.05, 4.69) is 11.6 Å². The van der Waals surface area contributed by atoms with Crippen LogP contribution in [-0.4, -0.2) is 18.7 Å². The average Bonchev–Trinajstić information content (AvgIpc) is 2.29. The Kier molecular flexibility index (Phi) is 4.18. The van der Waals surface area contributed by atoms with Crippen LogP contribution in [0.4, 0.5) is 5.69 Å². The predicted molar refractivity (Wildman–Crippen MR) is 60.3 cm³/mol. The van der Waals surface area contributed by atoms with Gasteiger partial charge < -0.3 is 4.74 Å². The highest BCUT2D eigenvalue weighted by Gasteiger charge is 2.13. The summed E-state index contributed by atoms with van der Waals surface area (Å²) in [5.74, 6) is -0.458. The number of isocyanates is 1. The van der Waals surface area contributed by atoms with Gasteiger partial charge in [-0.05, 0) is 19.1 Å². The number of carbonyl (C=O) groups is 1. The molecular formula is C12H11NO3. The van der Waals surface area contributed by atoms with Gasteiger partial charge in [0, 0.05) is 5.56 Å². The van der Waals surface area contributed by atoms with Gasteiger partial charge in [-0.2, -0.15) is 4.99 Å². The van der Waals surface area contributed by atoms with Gasteiger partial charge in [0.15, 0.2) is 0 Å². The maximum atomic E-state index is 11.6. The van der Waals surface area contributed by atoms with Crippen molar-refractivity contribution >= 4 is 23.8 Å². The van der Waals surface area contributed by atoms with Gasteiger partial charge in [-0.15, -0.1) is 0 Å². The minimum atomic E-state index is -0.458. The summed E-state index contributed by atoms with van der Waals surface area (Å²) in [5.41, 5.74) is 1.17. The van der Waals surface area contributed by atoms with Gasteiger partial charge in [0.25, 0.3) is 0 Å². The van der Waals surface area contributed by atoms with Gasteiger partial charge >= 0.3 is 5.97 Å². The fourth-order valence-corrected chi connectivity index (χ4v) is 1.30. The summed E-state index contributed by atoms with van der Waals surface area (Å²) >= 11 is 0. The molecule has 0 heterocycles. The van der Waals surface area contributed by atoms with Crippen molar-refractivity contribution in [1.82, 2.24) is 0 Å². The molecule has 1 rings (SSSR count). The number of hydrogen-bond donors (Lipinski definition) is 0. The lowest BCUT2D eigenvalue weighted by Gasteiger charge is -2.06. The monoisotopic (exact) mass is 217 g/mol. The highest BCUT2D eigenvalue weighted by molar-refractivity contribution is 5.95. The number of ether oxygens (including phenoxy) is 1. The molecular weight excluding hydrogens is 206 g/mol. The first-order valence-electron chi connectivity index (χ1n) is 4.75. The summed E-state index contributed by atoms with van der Waals surface area (Å²) in [4.78, 5) is 25.3. The number of rotatable bonds is 4. The fourth-order valence-electron chi connectivity index (χ4n) is 1.30. The molecule has 1 aromatic carbocycles. The van der Waals surface area contributed by atoms with E-state index >= 15 is 0 Å².